The molecule has 0 aromatic heterocycles. The summed E-state index contributed by atoms with van der Waals surface area (Å²) in [6.07, 6.45) is 0.893. The first-order chi connectivity index (χ1) is 6.59. The molecule has 0 aromatic rings. The minimum Gasteiger partial charge on any atom is -0.299 e. The van der Waals surface area contributed by atoms with E-state index in [2.05, 4.69) is 48.9 Å². The molecular weight excluding hydrogens is 176 g/mol. The van der Waals surface area contributed by atoms with Crippen LogP contribution in [0.5, 0.6) is 0 Å². The van der Waals surface area contributed by atoms with E-state index in [0.29, 0.717) is 30.2 Å². The SMILES string of the molecule is CC1NC(C(C)C)C2CNN(C)C2N1. The van der Waals surface area contributed by atoms with Gasteiger partial charge in [0.25, 0.3) is 0 Å². The molecule has 2 fully saturated rings. The molecule has 2 heterocycles. The second-order valence-corrected chi connectivity index (χ2v) is 4.91. The highest BCUT2D eigenvalue weighted by Crippen LogP contribution is 2.25. The maximum absolute atomic E-state index is 3.63. The van der Waals surface area contributed by atoms with Crippen LogP contribution in [0.2, 0.25) is 0 Å². The topological polar surface area (TPSA) is 39.3 Å². The average Bonchev–Trinajstić information content (AvgIpc) is 2.47. The van der Waals surface area contributed by atoms with Crippen molar-refractivity contribution in [3.05, 3.63) is 0 Å². The molecule has 4 nitrogen and oxygen atoms in total. The number of nitrogens with zero attached hydrogens (tertiary/aromatic N) is 1. The smallest absolute Gasteiger partial charge is 0.0797 e. The van der Waals surface area contributed by atoms with Crippen LogP contribution in [-0.4, -0.2) is 37.0 Å². The van der Waals surface area contributed by atoms with E-state index >= 15 is 0 Å². The van der Waals surface area contributed by atoms with Gasteiger partial charge >= 0.3 is 0 Å². The summed E-state index contributed by atoms with van der Waals surface area (Å²) in [6.45, 7) is 7.87. The molecule has 0 spiro atoms. The minimum atomic E-state index is 0.408. The van der Waals surface area contributed by atoms with Crippen LogP contribution in [0, 0.1) is 11.8 Å². The molecular formula is C10H22N4. The number of hydrogen-bond donors (Lipinski definition) is 3. The highest BCUT2D eigenvalue weighted by molar-refractivity contribution is 4.96. The third kappa shape index (κ3) is 1.67. The number of hydrogen-bond acceptors (Lipinski definition) is 4. The summed E-state index contributed by atoms with van der Waals surface area (Å²) < 4.78 is 0. The lowest BCUT2D eigenvalue weighted by molar-refractivity contribution is 0.0899. The van der Waals surface area contributed by atoms with Gasteiger partial charge in [0.05, 0.1) is 12.3 Å². The van der Waals surface area contributed by atoms with Crippen molar-refractivity contribution in [3.8, 4) is 0 Å². The molecule has 0 amide bonds. The van der Waals surface area contributed by atoms with Crippen molar-refractivity contribution >= 4 is 0 Å². The largest absolute Gasteiger partial charge is 0.299 e. The standard InChI is InChI=1S/C10H22N4/c1-6(2)9-8-5-11-14(4)10(8)13-7(3)12-9/h6-13H,5H2,1-4H3. The maximum Gasteiger partial charge on any atom is 0.0797 e. The van der Waals surface area contributed by atoms with Gasteiger partial charge in [0.15, 0.2) is 0 Å². The second-order valence-electron chi connectivity index (χ2n) is 4.91. The van der Waals surface area contributed by atoms with Crippen molar-refractivity contribution in [1.29, 1.82) is 0 Å². The van der Waals surface area contributed by atoms with E-state index in [1.165, 1.54) is 0 Å². The first-order valence-corrected chi connectivity index (χ1v) is 5.58. The number of fused-ring (bicyclic) bond motifs is 1. The Bertz CT molecular complexity index is 206. The summed E-state index contributed by atoms with van der Waals surface area (Å²) in [5.41, 5.74) is 3.40. The molecule has 0 aromatic carbocycles. The molecule has 3 N–H and O–H groups in total. The van der Waals surface area contributed by atoms with Crippen molar-refractivity contribution in [1.82, 2.24) is 21.1 Å². The van der Waals surface area contributed by atoms with Gasteiger partial charge in [0.2, 0.25) is 0 Å². The van der Waals surface area contributed by atoms with E-state index in [1.807, 2.05) is 0 Å². The van der Waals surface area contributed by atoms with Gasteiger partial charge in [-0.15, -0.1) is 0 Å². The zero-order valence-electron chi connectivity index (χ0n) is 9.54. The Morgan fingerprint density at radius 2 is 2.00 bits per heavy atom. The van der Waals surface area contributed by atoms with Crippen LogP contribution in [0.15, 0.2) is 0 Å². The number of rotatable bonds is 1. The molecule has 0 aliphatic carbocycles. The van der Waals surface area contributed by atoms with Crippen molar-refractivity contribution < 1.29 is 0 Å². The summed E-state index contributed by atoms with van der Waals surface area (Å²) in [5.74, 6) is 1.37. The highest BCUT2D eigenvalue weighted by atomic mass is 15.6. The Labute approximate surface area is 86.4 Å². The van der Waals surface area contributed by atoms with Crippen LogP contribution >= 0.6 is 0 Å². The molecule has 4 heteroatoms. The van der Waals surface area contributed by atoms with Crippen molar-refractivity contribution in [2.45, 2.75) is 39.1 Å². The molecule has 0 bridgehead atoms. The predicted octanol–water partition coefficient (Wildman–Crippen LogP) is -0.0579. The maximum atomic E-state index is 3.63. The van der Waals surface area contributed by atoms with Gasteiger partial charge in [-0.3, -0.25) is 16.1 Å². The zero-order valence-corrected chi connectivity index (χ0v) is 9.54. The normalized spacial score (nSPS) is 44.4. The lowest BCUT2D eigenvalue weighted by atomic mass is 9.86. The predicted molar refractivity (Wildman–Crippen MR) is 57.4 cm³/mol. The summed E-state index contributed by atoms with van der Waals surface area (Å²) >= 11 is 0. The van der Waals surface area contributed by atoms with Gasteiger partial charge in [-0.25, -0.2) is 5.01 Å². The molecule has 2 aliphatic heterocycles. The van der Waals surface area contributed by atoms with Crippen LogP contribution in [-0.2, 0) is 0 Å². The zero-order chi connectivity index (χ0) is 10.3. The van der Waals surface area contributed by atoms with Gasteiger partial charge in [-0.05, 0) is 12.8 Å². The molecule has 2 saturated heterocycles. The van der Waals surface area contributed by atoms with E-state index in [0.717, 1.165) is 6.54 Å². The van der Waals surface area contributed by atoms with Crippen molar-refractivity contribution in [2.24, 2.45) is 11.8 Å². The third-order valence-electron chi connectivity index (χ3n) is 3.44. The first-order valence-electron chi connectivity index (χ1n) is 5.58. The molecule has 4 atom stereocenters. The average molecular weight is 198 g/mol. The lowest BCUT2D eigenvalue weighted by Gasteiger charge is -2.42. The minimum absolute atomic E-state index is 0.408. The quantitative estimate of drug-likeness (QED) is 0.552. The monoisotopic (exact) mass is 198 g/mol. The van der Waals surface area contributed by atoms with E-state index in [-0.39, 0.29) is 0 Å². The van der Waals surface area contributed by atoms with Gasteiger partial charge in [-0.1, -0.05) is 13.8 Å². The van der Waals surface area contributed by atoms with Crippen LogP contribution in [0.25, 0.3) is 0 Å². The Morgan fingerprint density at radius 1 is 1.29 bits per heavy atom. The number of hydrazine groups is 1. The van der Waals surface area contributed by atoms with E-state index in [9.17, 15) is 0 Å². The van der Waals surface area contributed by atoms with Gasteiger partial charge in [0.1, 0.15) is 0 Å². The van der Waals surface area contributed by atoms with E-state index < -0.39 is 0 Å². The van der Waals surface area contributed by atoms with E-state index in [4.69, 9.17) is 0 Å². The summed E-state index contributed by atoms with van der Waals surface area (Å²) in [6, 6.07) is 0.619. The summed E-state index contributed by atoms with van der Waals surface area (Å²) in [7, 11) is 2.12. The van der Waals surface area contributed by atoms with Crippen LogP contribution in [0.1, 0.15) is 20.8 Å². The molecule has 4 unspecified atom stereocenters. The second kappa shape index (κ2) is 3.77. The molecule has 0 radical (unpaired) electrons. The third-order valence-corrected chi connectivity index (χ3v) is 3.44. The summed E-state index contributed by atoms with van der Waals surface area (Å²) in [4.78, 5) is 0. The van der Waals surface area contributed by atoms with Gasteiger partial charge in [0, 0.05) is 25.6 Å². The Kier molecular flexibility index (Phi) is 2.79. The lowest BCUT2D eigenvalue weighted by Crippen LogP contribution is -2.65. The Hall–Kier alpha value is -0.160. The molecule has 2 rings (SSSR count). The van der Waals surface area contributed by atoms with Crippen LogP contribution < -0.4 is 16.1 Å². The fourth-order valence-corrected chi connectivity index (χ4v) is 2.71. The molecule has 82 valence electrons. The Morgan fingerprint density at radius 3 is 2.64 bits per heavy atom. The van der Waals surface area contributed by atoms with Gasteiger partial charge in [-0.2, -0.15) is 0 Å². The van der Waals surface area contributed by atoms with Crippen LogP contribution in [0.4, 0.5) is 0 Å². The Balaban J connectivity index is 2.12. The van der Waals surface area contributed by atoms with Crippen molar-refractivity contribution in [2.75, 3.05) is 13.6 Å². The first kappa shape index (κ1) is 10.4. The van der Waals surface area contributed by atoms with Crippen molar-refractivity contribution in [3.63, 3.8) is 0 Å². The summed E-state index contributed by atoms with van der Waals surface area (Å²) in [5, 5.41) is 9.40. The molecule has 14 heavy (non-hydrogen) atoms. The fourth-order valence-electron chi connectivity index (χ4n) is 2.71. The number of nitrogens with one attached hydrogen (secondary N) is 3. The molecule has 2 aliphatic rings. The van der Waals surface area contributed by atoms with E-state index in [1.54, 1.807) is 0 Å². The van der Waals surface area contributed by atoms with Crippen LogP contribution in [0.3, 0.4) is 0 Å². The fraction of sp³-hybridized carbons (Fsp3) is 1.00. The van der Waals surface area contributed by atoms with Gasteiger partial charge < -0.3 is 0 Å². The highest BCUT2D eigenvalue weighted by Gasteiger charge is 2.42. The molecule has 0 saturated carbocycles.